The maximum absolute atomic E-state index is 13.5. The number of amides is 1. The van der Waals surface area contributed by atoms with Crippen LogP contribution in [0.3, 0.4) is 0 Å². The van der Waals surface area contributed by atoms with Crippen LogP contribution < -0.4 is 5.56 Å². The quantitative estimate of drug-likeness (QED) is 0.467. The van der Waals surface area contributed by atoms with E-state index in [1.165, 1.54) is 0 Å². The van der Waals surface area contributed by atoms with E-state index in [1.807, 2.05) is 66.7 Å². The Hall–Kier alpha value is -4.32. The average molecular weight is 420 g/mol. The fourth-order valence-corrected chi connectivity index (χ4v) is 3.82. The number of H-pyrrole nitrogens is 1. The number of rotatable bonds is 4. The first kappa shape index (κ1) is 19.6. The number of carbonyl (C=O) groups excluding carboxylic acids is 1. The molecule has 32 heavy (non-hydrogen) atoms. The molecule has 6 nitrogen and oxygen atoms in total. The van der Waals surface area contributed by atoms with Gasteiger partial charge in [-0.05, 0) is 24.3 Å². The Labute approximate surface area is 184 Å². The summed E-state index contributed by atoms with van der Waals surface area (Å²) in [5, 5.41) is 1.31. The molecule has 3 aromatic carbocycles. The topological polar surface area (TPSA) is 79.0 Å². The normalized spacial score (nSPS) is 11.0. The zero-order valence-corrected chi connectivity index (χ0v) is 17.4. The van der Waals surface area contributed by atoms with Crippen LogP contribution in [0.15, 0.2) is 89.7 Å². The lowest BCUT2D eigenvalue weighted by Crippen LogP contribution is -2.28. The van der Waals surface area contributed by atoms with Crippen molar-refractivity contribution in [1.82, 2.24) is 19.9 Å². The van der Waals surface area contributed by atoms with E-state index in [1.54, 1.807) is 30.1 Å². The molecule has 5 aromatic rings. The second-order valence-electron chi connectivity index (χ2n) is 7.63. The second kappa shape index (κ2) is 8.07. The van der Waals surface area contributed by atoms with Gasteiger partial charge in [-0.1, -0.05) is 60.7 Å². The van der Waals surface area contributed by atoms with Crippen molar-refractivity contribution in [3.63, 3.8) is 0 Å². The van der Waals surface area contributed by atoms with Crippen molar-refractivity contribution in [1.29, 1.82) is 0 Å². The summed E-state index contributed by atoms with van der Waals surface area (Å²) in [6.07, 6.45) is 0. The van der Waals surface area contributed by atoms with Crippen LogP contribution in [0.2, 0.25) is 0 Å². The summed E-state index contributed by atoms with van der Waals surface area (Å²) in [7, 11) is 1.70. The van der Waals surface area contributed by atoms with Gasteiger partial charge in [0.25, 0.3) is 11.5 Å². The van der Waals surface area contributed by atoms with Gasteiger partial charge in [-0.2, -0.15) is 0 Å². The molecule has 0 aliphatic carbocycles. The molecule has 0 saturated heterocycles. The first-order valence-electron chi connectivity index (χ1n) is 10.3. The van der Waals surface area contributed by atoms with Crippen molar-refractivity contribution in [3.8, 4) is 11.3 Å². The second-order valence-corrected chi connectivity index (χ2v) is 7.63. The van der Waals surface area contributed by atoms with E-state index in [4.69, 9.17) is 4.98 Å². The molecule has 0 radical (unpaired) electrons. The van der Waals surface area contributed by atoms with E-state index >= 15 is 0 Å². The summed E-state index contributed by atoms with van der Waals surface area (Å²) in [6, 6.07) is 26.4. The minimum absolute atomic E-state index is 0.170. The van der Waals surface area contributed by atoms with Gasteiger partial charge in [-0.25, -0.2) is 9.97 Å². The van der Waals surface area contributed by atoms with Gasteiger partial charge in [-0.15, -0.1) is 0 Å². The molecule has 6 heteroatoms. The molecule has 2 heterocycles. The summed E-state index contributed by atoms with van der Waals surface area (Å²) in [5.41, 5.74) is 3.37. The van der Waals surface area contributed by atoms with Crippen LogP contribution in [0.1, 0.15) is 16.2 Å². The molecule has 0 unspecified atom stereocenters. The third-order valence-corrected chi connectivity index (χ3v) is 5.41. The number of para-hydroxylation sites is 2. The Morgan fingerprint density at radius 3 is 2.22 bits per heavy atom. The van der Waals surface area contributed by atoms with Crippen LogP contribution in [-0.2, 0) is 6.54 Å². The van der Waals surface area contributed by atoms with Gasteiger partial charge in [0, 0.05) is 18.0 Å². The monoisotopic (exact) mass is 420 g/mol. The standard InChI is InChI=1S/C26H20N4O2/c1-30(16-24-28-22-14-8-6-12-19(22)25(31)29-24)26(32)20-15-23(17-9-3-2-4-10-17)27-21-13-7-5-11-18(20)21/h2-15H,16H2,1H3,(H,28,29,31). The number of hydrogen-bond acceptors (Lipinski definition) is 4. The minimum Gasteiger partial charge on any atom is -0.334 e. The minimum atomic E-state index is -0.216. The molecule has 1 N–H and O–H groups in total. The van der Waals surface area contributed by atoms with Crippen LogP contribution in [0, 0.1) is 0 Å². The molecule has 0 spiro atoms. The highest BCUT2D eigenvalue weighted by molar-refractivity contribution is 6.07. The highest BCUT2D eigenvalue weighted by Gasteiger charge is 2.18. The number of nitrogens with zero attached hydrogens (tertiary/aromatic N) is 3. The molecule has 0 fully saturated rings. The van der Waals surface area contributed by atoms with Crippen molar-refractivity contribution in [2.45, 2.75) is 6.54 Å². The molecule has 0 atom stereocenters. The summed E-state index contributed by atoms with van der Waals surface area (Å²) in [6.45, 7) is 0.177. The van der Waals surface area contributed by atoms with E-state index in [9.17, 15) is 9.59 Å². The lowest BCUT2D eigenvalue weighted by atomic mass is 10.0. The van der Waals surface area contributed by atoms with Gasteiger partial charge in [0.15, 0.2) is 0 Å². The Balaban J connectivity index is 1.53. The smallest absolute Gasteiger partial charge is 0.258 e. The fraction of sp³-hybridized carbons (Fsp3) is 0.0769. The van der Waals surface area contributed by atoms with Gasteiger partial charge in [-0.3, -0.25) is 9.59 Å². The lowest BCUT2D eigenvalue weighted by Gasteiger charge is -2.18. The van der Waals surface area contributed by atoms with Crippen LogP contribution in [0.25, 0.3) is 33.1 Å². The fourth-order valence-electron chi connectivity index (χ4n) is 3.82. The Kier molecular flexibility index (Phi) is 4.95. The van der Waals surface area contributed by atoms with E-state index in [2.05, 4.69) is 9.97 Å². The maximum atomic E-state index is 13.5. The Bertz CT molecular complexity index is 1510. The molecule has 0 aliphatic rings. The zero-order chi connectivity index (χ0) is 22.1. The molecule has 156 valence electrons. The number of aromatic nitrogens is 3. The summed E-state index contributed by atoms with van der Waals surface area (Å²) < 4.78 is 0. The third kappa shape index (κ3) is 3.63. The van der Waals surface area contributed by atoms with E-state index in [-0.39, 0.29) is 18.0 Å². The predicted octanol–water partition coefficient (Wildman–Crippen LogP) is 4.41. The van der Waals surface area contributed by atoms with Gasteiger partial charge in [0.1, 0.15) is 5.82 Å². The molecule has 0 bridgehead atoms. The summed E-state index contributed by atoms with van der Waals surface area (Å²) in [4.78, 5) is 39.5. The third-order valence-electron chi connectivity index (χ3n) is 5.41. The first-order chi connectivity index (χ1) is 15.6. The predicted molar refractivity (Wildman–Crippen MR) is 125 cm³/mol. The van der Waals surface area contributed by atoms with Crippen LogP contribution in [0.5, 0.6) is 0 Å². The van der Waals surface area contributed by atoms with E-state index in [0.717, 1.165) is 22.2 Å². The number of pyridine rings is 1. The summed E-state index contributed by atoms with van der Waals surface area (Å²) >= 11 is 0. The summed E-state index contributed by atoms with van der Waals surface area (Å²) in [5.74, 6) is 0.266. The number of carbonyl (C=O) groups is 1. The van der Waals surface area contributed by atoms with Crippen LogP contribution in [0.4, 0.5) is 0 Å². The average Bonchev–Trinajstić information content (AvgIpc) is 2.83. The van der Waals surface area contributed by atoms with Crippen LogP contribution >= 0.6 is 0 Å². The molecule has 2 aromatic heterocycles. The number of hydrogen-bond donors (Lipinski definition) is 1. The lowest BCUT2D eigenvalue weighted by molar-refractivity contribution is 0.0783. The van der Waals surface area contributed by atoms with Gasteiger partial charge < -0.3 is 9.88 Å². The molecule has 1 amide bonds. The number of nitrogens with one attached hydrogen (secondary N) is 1. The van der Waals surface area contributed by atoms with Crippen molar-refractivity contribution < 1.29 is 4.79 Å². The Morgan fingerprint density at radius 1 is 0.844 bits per heavy atom. The molecule has 5 rings (SSSR count). The van der Waals surface area contributed by atoms with Crippen molar-refractivity contribution >= 4 is 27.7 Å². The van der Waals surface area contributed by atoms with Crippen molar-refractivity contribution in [2.24, 2.45) is 0 Å². The number of fused-ring (bicyclic) bond motifs is 2. The highest BCUT2D eigenvalue weighted by Crippen LogP contribution is 2.26. The van der Waals surface area contributed by atoms with Crippen LogP contribution in [-0.4, -0.2) is 32.8 Å². The molecule has 0 saturated carbocycles. The molecular formula is C26H20N4O2. The SMILES string of the molecule is CN(Cc1nc2ccccc2c(=O)[nH]1)C(=O)c1cc(-c2ccccc2)nc2ccccc12. The molecule has 0 aliphatic heterocycles. The zero-order valence-electron chi connectivity index (χ0n) is 17.4. The first-order valence-corrected chi connectivity index (χ1v) is 10.3. The Morgan fingerprint density at radius 2 is 1.47 bits per heavy atom. The van der Waals surface area contributed by atoms with E-state index in [0.29, 0.717) is 22.3 Å². The van der Waals surface area contributed by atoms with Gasteiger partial charge in [0.2, 0.25) is 0 Å². The highest BCUT2D eigenvalue weighted by atomic mass is 16.2. The number of benzene rings is 3. The number of aromatic amines is 1. The van der Waals surface area contributed by atoms with E-state index < -0.39 is 0 Å². The van der Waals surface area contributed by atoms with Crippen molar-refractivity contribution in [2.75, 3.05) is 7.05 Å². The maximum Gasteiger partial charge on any atom is 0.258 e. The van der Waals surface area contributed by atoms with Gasteiger partial charge >= 0.3 is 0 Å². The van der Waals surface area contributed by atoms with Crippen molar-refractivity contribution in [3.05, 3.63) is 107 Å². The van der Waals surface area contributed by atoms with Gasteiger partial charge in [0.05, 0.1) is 34.2 Å². The largest absolute Gasteiger partial charge is 0.334 e. The molecular weight excluding hydrogens is 400 g/mol.